The summed E-state index contributed by atoms with van der Waals surface area (Å²) in [5.74, 6) is 5.48. The summed E-state index contributed by atoms with van der Waals surface area (Å²) in [7, 11) is 0. The lowest BCUT2D eigenvalue weighted by molar-refractivity contribution is 0.721. The summed E-state index contributed by atoms with van der Waals surface area (Å²) in [6.07, 6.45) is 0. The molecule has 4 nitrogen and oxygen atoms in total. The van der Waals surface area contributed by atoms with Gasteiger partial charge in [0.15, 0.2) is 0 Å². The first-order valence-electron chi connectivity index (χ1n) is 4.34. The number of nitrogen functional groups attached to an aromatic ring is 1. The fourth-order valence-electron chi connectivity index (χ4n) is 1.66. The molecule has 0 unspecified atom stereocenters. The number of rotatable bonds is 0. The predicted molar refractivity (Wildman–Crippen MR) is 55.2 cm³/mol. The smallest absolute Gasteiger partial charge is 0.123 e. The van der Waals surface area contributed by atoms with Crippen LogP contribution in [0, 0.1) is 0 Å². The summed E-state index contributed by atoms with van der Waals surface area (Å²) in [4.78, 5) is 1.11. The van der Waals surface area contributed by atoms with Crippen molar-refractivity contribution in [2.45, 2.75) is 0 Å². The Morgan fingerprint density at radius 2 is 1.86 bits per heavy atom. The molecule has 4 heteroatoms. The van der Waals surface area contributed by atoms with E-state index in [9.17, 15) is 0 Å². The second-order valence-electron chi connectivity index (χ2n) is 3.17. The topological polar surface area (TPSA) is 56.7 Å². The van der Waals surface area contributed by atoms with Crippen LogP contribution >= 0.6 is 0 Å². The molecule has 0 fully saturated rings. The number of fused-ring (bicyclic) bond motifs is 3. The maximum absolute atomic E-state index is 5.48. The van der Waals surface area contributed by atoms with Crippen LogP contribution in [0.5, 0.6) is 0 Å². The van der Waals surface area contributed by atoms with Crippen molar-refractivity contribution in [3.05, 3.63) is 36.4 Å². The van der Waals surface area contributed by atoms with Gasteiger partial charge < -0.3 is 5.84 Å². The minimum absolute atomic E-state index is 0.825. The number of hydrogen-bond acceptors (Lipinski definition) is 3. The van der Waals surface area contributed by atoms with Crippen LogP contribution in [-0.4, -0.2) is 15.1 Å². The van der Waals surface area contributed by atoms with Crippen molar-refractivity contribution in [2.24, 2.45) is 0 Å². The zero-order valence-electron chi connectivity index (χ0n) is 7.38. The summed E-state index contributed by atoms with van der Waals surface area (Å²) in [5.41, 5.74) is 1.68. The van der Waals surface area contributed by atoms with Crippen LogP contribution < -0.4 is 5.84 Å². The molecule has 0 aliphatic rings. The monoisotopic (exact) mass is 184 g/mol. The average molecular weight is 184 g/mol. The molecule has 3 aromatic rings. The molecular formula is C10H8N4. The molecule has 0 saturated carbocycles. The third-order valence-corrected chi connectivity index (χ3v) is 2.29. The van der Waals surface area contributed by atoms with Crippen molar-refractivity contribution in [2.75, 3.05) is 5.84 Å². The highest BCUT2D eigenvalue weighted by molar-refractivity contribution is 6.03. The zero-order chi connectivity index (χ0) is 9.54. The maximum atomic E-state index is 5.48. The highest BCUT2D eigenvalue weighted by Gasteiger charge is 2.04. The first-order valence-corrected chi connectivity index (χ1v) is 4.34. The predicted octanol–water partition coefficient (Wildman–Crippen LogP) is 1.30. The first kappa shape index (κ1) is 7.32. The summed E-state index contributed by atoms with van der Waals surface area (Å²) < 4.78 is 0. The zero-order valence-corrected chi connectivity index (χ0v) is 7.38. The van der Waals surface area contributed by atoms with Crippen molar-refractivity contribution in [1.29, 1.82) is 0 Å². The molecule has 0 spiro atoms. The molecule has 0 radical (unpaired) electrons. The van der Waals surface area contributed by atoms with Gasteiger partial charge in [-0.2, -0.15) is 0 Å². The Morgan fingerprint density at radius 1 is 1.00 bits per heavy atom. The highest BCUT2D eigenvalue weighted by Crippen LogP contribution is 2.21. The summed E-state index contributed by atoms with van der Waals surface area (Å²) in [6, 6.07) is 12.0. The number of hydrogen-bond donors (Lipinski definition) is 1. The molecule has 0 bridgehead atoms. The van der Waals surface area contributed by atoms with E-state index in [0.29, 0.717) is 0 Å². The number of nitrogens with two attached hydrogens (primary N) is 1. The van der Waals surface area contributed by atoms with E-state index in [0.717, 1.165) is 26.7 Å². The lowest BCUT2D eigenvalue weighted by Crippen LogP contribution is -2.11. The Kier molecular flexibility index (Phi) is 1.28. The highest BCUT2D eigenvalue weighted by atomic mass is 15.6. The van der Waals surface area contributed by atoms with Gasteiger partial charge in [-0.05, 0) is 11.5 Å². The Bertz CT molecular complexity index is 612. The standard InChI is InChI=1S/C10H8N4/c11-14-12-9-6-5-7-3-1-2-4-8(7)10(9)13-14/h1-6H,11H2. The van der Waals surface area contributed by atoms with Crippen LogP contribution in [-0.2, 0) is 0 Å². The van der Waals surface area contributed by atoms with Crippen LogP contribution in [0.2, 0.25) is 0 Å². The van der Waals surface area contributed by atoms with Gasteiger partial charge in [0.2, 0.25) is 0 Å². The number of aromatic nitrogens is 3. The van der Waals surface area contributed by atoms with Gasteiger partial charge in [-0.25, -0.2) is 0 Å². The summed E-state index contributed by atoms with van der Waals surface area (Å²) in [5, 5.41) is 10.4. The van der Waals surface area contributed by atoms with E-state index in [1.807, 2.05) is 36.4 Å². The fourth-order valence-corrected chi connectivity index (χ4v) is 1.66. The van der Waals surface area contributed by atoms with Crippen molar-refractivity contribution < 1.29 is 0 Å². The Balaban J connectivity index is 2.60. The van der Waals surface area contributed by atoms with E-state index in [4.69, 9.17) is 5.84 Å². The molecule has 14 heavy (non-hydrogen) atoms. The van der Waals surface area contributed by atoms with Gasteiger partial charge in [-0.15, -0.1) is 10.2 Å². The summed E-state index contributed by atoms with van der Waals surface area (Å²) >= 11 is 0. The molecule has 0 saturated heterocycles. The number of nitrogens with zero attached hydrogens (tertiary/aromatic N) is 3. The third kappa shape index (κ3) is 0.877. The minimum atomic E-state index is 0.825. The Morgan fingerprint density at radius 3 is 2.79 bits per heavy atom. The van der Waals surface area contributed by atoms with Crippen molar-refractivity contribution >= 4 is 21.8 Å². The molecule has 3 rings (SSSR count). The van der Waals surface area contributed by atoms with Gasteiger partial charge in [-0.1, -0.05) is 35.2 Å². The molecule has 0 atom stereocenters. The molecule has 2 N–H and O–H groups in total. The summed E-state index contributed by atoms with van der Waals surface area (Å²) in [6.45, 7) is 0. The lowest BCUT2D eigenvalue weighted by Gasteiger charge is -1.95. The number of benzene rings is 2. The van der Waals surface area contributed by atoms with Crippen LogP contribution in [0.1, 0.15) is 0 Å². The van der Waals surface area contributed by atoms with Gasteiger partial charge in [-0.3, -0.25) is 0 Å². The normalized spacial score (nSPS) is 11.1. The van der Waals surface area contributed by atoms with Crippen LogP contribution in [0.15, 0.2) is 36.4 Å². The van der Waals surface area contributed by atoms with E-state index in [-0.39, 0.29) is 0 Å². The van der Waals surface area contributed by atoms with Gasteiger partial charge in [0.1, 0.15) is 11.0 Å². The van der Waals surface area contributed by atoms with Crippen molar-refractivity contribution in [3.63, 3.8) is 0 Å². The Labute approximate surface area is 79.9 Å². The van der Waals surface area contributed by atoms with Gasteiger partial charge in [0, 0.05) is 5.39 Å². The lowest BCUT2D eigenvalue weighted by atomic mass is 10.1. The third-order valence-electron chi connectivity index (χ3n) is 2.29. The van der Waals surface area contributed by atoms with Crippen LogP contribution in [0.4, 0.5) is 0 Å². The van der Waals surface area contributed by atoms with Crippen LogP contribution in [0.3, 0.4) is 0 Å². The van der Waals surface area contributed by atoms with Gasteiger partial charge in [0.25, 0.3) is 0 Å². The molecule has 2 aromatic carbocycles. The van der Waals surface area contributed by atoms with Crippen molar-refractivity contribution in [1.82, 2.24) is 15.1 Å². The average Bonchev–Trinajstić information content (AvgIpc) is 2.59. The minimum Gasteiger partial charge on any atom is -0.306 e. The largest absolute Gasteiger partial charge is 0.306 e. The SMILES string of the molecule is Nn1nc2ccc3ccccc3c2n1. The van der Waals surface area contributed by atoms with Crippen molar-refractivity contribution in [3.8, 4) is 0 Å². The van der Waals surface area contributed by atoms with E-state index in [2.05, 4.69) is 10.2 Å². The second-order valence-corrected chi connectivity index (χ2v) is 3.17. The van der Waals surface area contributed by atoms with Gasteiger partial charge >= 0.3 is 0 Å². The van der Waals surface area contributed by atoms with E-state index >= 15 is 0 Å². The van der Waals surface area contributed by atoms with E-state index < -0.39 is 0 Å². The molecular weight excluding hydrogens is 176 g/mol. The maximum Gasteiger partial charge on any atom is 0.123 e. The van der Waals surface area contributed by atoms with E-state index in [1.165, 1.54) is 0 Å². The fraction of sp³-hybridized carbons (Fsp3) is 0. The molecule has 0 aliphatic heterocycles. The van der Waals surface area contributed by atoms with E-state index in [1.54, 1.807) is 0 Å². The molecule has 1 aromatic heterocycles. The molecule has 68 valence electrons. The van der Waals surface area contributed by atoms with Gasteiger partial charge in [0.05, 0.1) is 0 Å². The second kappa shape index (κ2) is 2.45. The Hall–Kier alpha value is -2.10. The molecule has 0 amide bonds. The molecule has 0 aliphatic carbocycles. The molecule has 1 heterocycles. The quantitative estimate of drug-likeness (QED) is 0.536. The van der Waals surface area contributed by atoms with Crippen LogP contribution in [0.25, 0.3) is 21.8 Å². The first-order chi connectivity index (χ1) is 6.84.